The lowest BCUT2D eigenvalue weighted by Gasteiger charge is -2.27. The number of unbranched alkanes of at least 4 members (excludes halogenated alkanes) is 1. The molecule has 0 aromatic carbocycles. The summed E-state index contributed by atoms with van der Waals surface area (Å²) in [6, 6.07) is 4.40. The summed E-state index contributed by atoms with van der Waals surface area (Å²) in [6.07, 6.45) is 6.09. The number of nitrogens with zero attached hydrogens (tertiary/aromatic N) is 2. The van der Waals surface area contributed by atoms with Crippen molar-refractivity contribution in [3.05, 3.63) is 30.1 Å². The van der Waals surface area contributed by atoms with Gasteiger partial charge in [0.05, 0.1) is 0 Å². The number of nitrogens with two attached hydrogens (primary N) is 1. The van der Waals surface area contributed by atoms with Crippen LogP contribution >= 0.6 is 0 Å². The van der Waals surface area contributed by atoms with Crippen molar-refractivity contribution in [1.82, 2.24) is 9.88 Å². The van der Waals surface area contributed by atoms with Crippen LogP contribution in [0.25, 0.3) is 0 Å². The standard InChI is InChI=1S/C12H21N3/c1-3-4-9-15(2)12(10-13)11-5-7-14-8-6-11/h5-8,12H,3-4,9-10,13H2,1-2H3. The van der Waals surface area contributed by atoms with Crippen molar-refractivity contribution in [3.63, 3.8) is 0 Å². The summed E-state index contributed by atoms with van der Waals surface area (Å²) in [4.78, 5) is 6.34. The van der Waals surface area contributed by atoms with E-state index in [9.17, 15) is 0 Å². The zero-order valence-corrected chi connectivity index (χ0v) is 9.69. The first-order chi connectivity index (χ1) is 7.29. The van der Waals surface area contributed by atoms with Crippen LogP contribution < -0.4 is 5.73 Å². The van der Waals surface area contributed by atoms with Gasteiger partial charge in [-0.05, 0) is 37.7 Å². The Balaban J connectivity index is 2.63. The zero-order chi connectivity index (χ0) is 11.1. The van der Waals surface area contributed by atoms with E-state index in [2.05, 4.69) is 23.9 Å². The maximum atomic E-state index is 5.82. The fraction of sp³-hybridized carbons (Fsp3) is 0.583. The molecule has 3 nitrogen and oxygen atoms in total. The second kappa shape index (κ2) is 6.53. The van der Waals surface area contributed by atoms with Crippen molar-refractivity contribution in [2.24, 2.45) is 5.73 Å². The minimum absolute atomic E-state index is 0.319. The van der Waals surface area contributed by atoms with Crippen LogP contribution in [0.15, 0.2) is 24.5 Å². The summed E-state index contributed by atoms with van der Waals surface area (Å²) in [5.41, 5.74) is 7.07. The largest absolute Gasteiger partial charge is 0.329 e. The molecule has 15 heavy (non-hydrogen) atoms. The van der Waals surface area contributed by atoms with Crippen LogP contribution in [-0.4, -0.2) is 30.0 Å². The van der Waals surface area contributed by atoms with Gasteiger partial charge in [0.15, 0.2) is 0 Å². The Morgan fingerprint density at radius 3 is 2.60 bits per heavy atom. The first kappa shape index (κ1) is 12.1. The molecule has 0 aliphatic rings. The molecule has 0 radical (unpaired) electrons. The third-order valence-electron chi connectivity index (χ3n) is 2.71. The fourth-order valence-electron chi connectivity index (χ4n) is 1.72. The molecule has 1 atom stereocenters. The number of aromatic nitrogens is 1. The average molecular weight is 207 g/mol. The van der Waals surface area contributed by atoms with E-state index in [4.69, 9.17) is 5.73 Å². The predicted molar refractivity (Wildman–Crippen MR) is 63.6 cm³/mol. The lowest BCUT2D eigenvalue weighted by Crippen LogP contribution is -2.31. The van der Waals surface area contributed by atoms with Crippen LogP contribution in [0.3, 0.4) is 0 Å². The van der Waals surface area contributed by atoms with Gasteiger partial charge in [0, 0.05) is 25.0 Å². The van der Waals surface area contributed by atoms with Crippen molar-refractivity contribution in [3.8, 4) is 0 Å². The van der Waals surface area contributed by atoms with Gasteiger partial charge in [-0.25, -0.2) is 0 Å². The van der Waals surface area contributed by atoms with Crippen molar-refractivity contribution in [2.75, 3.05) is 20.1 Å². The molecule has 1 rings (SSSR count). The first-order valence-corrected chi connectivity index (χ1v) is 5.59. The van der Waals surface area contributed by atoms with Gasteiger partial charge in [-0.2, -0.15) is 0 Å². The highest BCUT2D eigenvalue weighted by Gasteiger charge is 2.14. The molecule has 0 aliphatic carbocycles. The molecule has 0 amide bonds. The lowest BCUT2D eigenvalue weighted by atomic mass is 10.1. The van der Waals surface area contributed by atoms with E-state index in [1.165, 1.54) is 18.4 Å². The summed E-state index contributed by atoms with van der Waals surface area (Å²) in [5, 5.41) is 0. The van der Waals surface area contributed by atoms with Crippen LogP contribution in [0, 0.1) is 0 Å². The second-order valence-electron chi connectivity index (χ2n) is 3.87. The van der Waals surface area contributed by atoms with E-state index in [0.29, 0.717) is 12.6 Å². The number of pyridine rings is 1. The van der Waals surface area contributed by atoms with E-state index in [-0.39, 0.29) is 0 Å². The molecular weight excluding hydrogens is 186 g/mol. The predicted octanol–water partition coefficient (Wildman–Crippen LogP) is 1.81. The molecule has 0 aliphatic heterocycles. The molecule has 1 aromatic heterocycles. The third-order valence-corrected chi connectivity index (χ3v) is 2.71. The third kappa shape index (κ3) is 3.61. The van der Waals surface area contributed by atoms with Gasteiger partial charge < -0.3 is 5.73 Å². The van der Waals surface area contributed by atoms with Crippen LogP contribution in [0.4, 0.5) is 0 Å². The van der Waals surface area contributed by atoms with Crippen molar-refractivity contribution < 1.29 is 0 Å². The van der Waals surface area contributed by atoms with Gasteiger partial charge in [0.1, 0.15) is 0 Å². The summed E-state index contributed by atoms with van der Waals surface area (Å²) in [6.45, 7) is 3.96. The van der Waals surface area contributed by atoms with Crippen LogP contribution in [0.1, 0.15) is 31.4 Å². The van der Waals surface area contributed by atoms with Gasteiger partial charge in [-0.15, -0.1) is 0 Å². The minimum atomic E-state index is 0.319. The lowest BCUT2D eigenvalue weighted by molar-refractivity contribution is 0.246. The van der Waals surface area contributed by atoms with Gasteiger partial charge in [0.2, 0.25) is 0 Å². The van der Waals surface area contributed by atoms with E-state index in [1.807, 2.05) is 24.5 Å². The summed E-state index contributed by atoms with van der Waals surface area (Å²) >= 11 is 0. The molecule has 0 saturated carbocycles. The molecule has 0 spiro atoms. The monoisotopic (exact) mass is 207 g/mol. The Morgan fingerprint density at radius 1 is 1.40 bits per heavy atom. The molecule has 2 N–H and O–H groups in total. The van der Waals surface area contributed by atoms with Crippen molar-refractivity contribution in [1.29, 1.82) is 0 Å². The number of rotatable bonds is 6. The Kier molecular flexibility index (Phi) is 5.29. The molecule has 1 heterocycles. The van der Waals surface area contributed by atoms with Crippen LogP contribution in [0.2, 0.25) is 0 Å². The molecule has 0 fully saturated rings. The van der Waals surface area contributed by atoms with Crippen LogP contribution in [0.5, 0.6) is 0 Å². The van der Waals surface area contributed by atoms with Gasteiger partial charge >= 0.3 is 0 Å². The summed E-state index contributed by atoms with van der Waals surface area (Å²) < 4.78 is 0. The van der Waals surface area contributed by atoms with Gasteiger partial charge in [-0.1, -0.05) is 13.3 Å². The molecule has 3 heteroatoms. The normalized spacial score (nSPS) is 13.1. The molecule has 0 bridgehead atoms. The van der Waals surface area contributed by atoms with Crippen molar-refractivity contribution >= 4 is 0 Å². The Morgan fingerprint density at radius 2 is 2.07 bits per heavy atom. The summed E-state index contributed by atoms with van der Waals surface area (Å²) in [5.74, 6) is 0. The zero-order valence-electron chi connectivity index (χ0n) is 9.69. The van der Waals surface area contributed by atoms with E-state index >= 15 is 0 Å². The quantitative estimate of drug-likeness (QED) is 0.773. The van der Waals surface area contributed by atoms with E-state index in [1.54, 1.807) is 0 Å². The topological polar surface area (TPSA) is 42.1 Å². The highest BCUT2D eigenvalue weighted by Crippen LogP contribution is 2.17. The number of hydrogen-bond donors (Lipinski definition) is 1. The minimum Gasteiger partial charge on any atom is -0.329 e. The first-order valence-electron chi connectivity index (χ1n) is 5.59. The molecule has 84 valence electrons. The smallest absolute Gasteiger partial charge is 0.0468 e. The maximum absolute atomic E-state index is 5.82. The molecule has 1 aromatic rings. The van der Waals surface area contributed by atoms with E-state index in [0.717, 1.165) is 6.54 Å². The average Bonchev–Trinajstić information content (AvgIpc) is 2.29. The number of hydrogen-bond acceptors (Lipinski definition) is 3. The van der Waals surface area contributed by atoms with Crippen LogP contribution in [-0.2, 0) is 0 Å². The highest BCUT2D eigenvalue weighted by molar-refractivity contribution is 5.15. The maximum Gasteiger partial charge on any atom is 0.0468 e. The fourth-order valence-corrected chi connectivity index (χ4v) is 1.72. The molecule has 0 saturated heterocycles. The Labute approximate surface area is 92.3 Å². The number of likely N-dealkylation sites (N-methyl/N-ethyl adjacent to an activating group) is 1. The Hall–Kier alpha value is -0.930. The molecular formula is C12H21N3. The van der Waals surface area contributed by atoms with Gasteiger partial charge in [0.25, 0.3) is 0 Å². The summed E-state index contributed by atoms with van der Waals surface area (Å²) in [7, 11) is 2.13. The van der Waals surface area contributed by atoms with Gasteiger partial charge in [-0.3, -0.25) is 9.88 Å². The van der Waals surface area contributed by atoms with Crippen molar-refractivity contribution in [2.45, 2.75) is 25.8 Å². The molecule has 1 unspecified atom stereocenters. The second-order valence-corrected chi connectivity index (χ2v) is 3.87. The Bertz CT molecular complexity index is 261. The SMILES string of the molecule is CCCCN(C)C(CN)c1ccncc1. The highest BCUT2D eigenvalue weighted by atomic mass is 15.1. The van der Waals surface area contributed by atoms with E-state index < -0.39 is 0 Å².